The lowest BCUT2D eigenvalue weighted by atomic mass is 10.0. The molecule has 26 heavy (non-hydrogen) atoms. The summed E-state index contributed by atoms with van der Waals surface area (Å²) in [6.45, 7) is 3.49. The Morgan fingerprint density at radius 3 is 2.65 bits per heavy atom. The molecule has 0 radical (unpaired) electrons. The Morgan fingerprint density at radius 1 is 1.12 bits per heavy atom. The van der Waals surface area contributed by atoms with Gasteiger partial charge in [-0.1, -0.05) is 37.3 Å². The van der Waals surface area contributed by atoms with Gasteiger partial charge in [-0.3, -0.25) is 9.36 Å². The van der Waals surface area contributed by atoms with Crippen LogP contribution in [0.4, 0.5) is 0 Å². The molecule has 1 atom stereocenters. The SMILES string of the molecule is C[C@@H]1CCc2nc(-c3ccc(OCc4ccccc4)cc3)cc(=O)n2C1. The molecule has 1 aromatic heterocycles. The molecule has 0 unspecified atom stereocenters. The molecule has 2 heterocycles. The first-order valence-electron chi connectivity index (χ1n) is 9.07. The number of aryl methyl sites for hydroxylation is 1. The molecule has 4 rings (SSSR count). The van der Waals surface area contributed by atoms with E-state index in [2.05, 4.69) is 6.92 Å². The van der Waals surface area contributed by atoms with Gasteiger partial charge in [0.25, 0.3) is 5.56 Å². The molecule has 0 amide bonds. The van der Waals surface area contributed by atoms with E-state index in [0.717, 1.165) is 47.8 Å². The molecule has 4 nitrogen and oxygen atoms in total. The van der Waals surface area contributed by atoms with Gasteiger partial charge in [0.15, 0.2) is 0 Å². The molecule has 0 bridgehead atoms. The van der Waals surface area contributed by atoms with E-state index in [1.54, 1.807) is 6.07 Å². The second kappa shape index (κ2) is 7.16. The summed E-state index contributed by atoms with van der Waals surface area (Å²) in [5.74, 6) is 2.24. The van der Waals surface area contributed by atoms with Crippen molar-refractivity contribution in [2.45, 2.75) is 32.9 Å². The second-order valence-corrected chi connectivity index (χ2v) is 6.95. The summed E-state index contributed by atoms with van der Waals surface area (Å²) in [4.78, 5) is 17.2. The number of hydrogen-bond donors (Lipinski definition) is 0. The van der Waals surface area contributed by atoms with Gasteiger partial charge in [0.05, 0.1) is 5.69 Å². The highest BCUT2D eigenvalue weighted by Gasteiger charge is 2.18. The summed E-state index contributed by atoms with van der Waals surface area (Å²) < 4.78 is 7.64. The number of benzene rings is 2. The molecular weight excluding hydrogens is 324 g/mol. The Bertz CT molecular complexity index is 946. The van der Waals surface area contributed by atoms with Crippen molar-refractivity contribution in [3.63, 3.8) is 0 Å². The third-order valence-electron chi connectivity index (χ3n) is 4.84. The molecule has 1 aliphatic heterocycles. The summed E-state index contributed by atoms with van der Waals surface area (Å²) in [6, 6.07) is 19.5. The van der Waals surface area contributed by atoms with Crippen LogP contribution in [0.15, 0.2) is 65.5 Å². The Balaban J connectivity index is 1.52. The predicted molar refractivity (Wildman–Crippen MR) is 102 cm³/mol. The quantitative estimate of drug-likeness (QED) is 0.715. The van der Waals surface area contributed by atoms with Crippen molar-refractivity contribution in [2.24, 2.45) is 5.92 Å². The van der Waals surface area contributed by atoms with Gasteiger partial charge in [0.2, 0.25) is 0 Å². The lowest BCUT2D eigenvalue weighted by Gasteiger charge is -2.22. The maximum absolute atomic E-state index is 12.4. The highest BCUT2D eigenvalue weighted by molar-refractivity contribution is 5.59. The average Bonchev–Trinajstić information content (AvgIpc) is 2.68. The molecule has 4 heteroatoms. The lowest BCUT2D eigenvalue weighted by molar-refractivity contribution is 0.306. The van der Waals surface area contributed by atoms with E-state index in [0.29, 0.717) is 12.5 Å². The molecule has 0 aliphatic carbocycles. The molecule has 132 valence electrons. The third kappa shape index (κ3) is 3.54. The van der Waals surface area contributed by atoms with E-state index in [1.807, 2.05) is 59.2 Å². The van der Waals surface area contributed by atoms with Gasteiger partial charge >= 0.3 is 0 Å². The fourth-order valence-corrected chi connectivity index (χ4v) is 3.33. The van der Waals surface area contributed by atoms with Gasteiger partial charge in [0, 0.05) is 24.6 Å². The first-order valence-corrected chi connectivity index (χ1v) is 9.07. The van der Waals surface area contributed by atoms with Crippen LogP contribution in [0.1, 0.15) is 24.7 Å². The highest BCUT2D eigenvalue weighted by atomic mass is 16.5. The maximum atomic E-state index is 12.4. The van der Waals surface area contributed by atoms with Gasteiger partial charge in [-0.2, -0.15) is 0 Å². The zero-order valence-corrected chi connectivity index (χ0v) is 14.9. The highest BCUT2D eigenvalue weighted by Crippen LogP contribution is 2.23. The molecular formula is C22H22N2O2. The van der Waals surface area contributed by atoms with Crippen LogP contribution in [0.3, 0.4) is 0 Å². The van der Waals surface area contributed by atoms with Crippen LogP contribution in [0.25, 0.3) is 11.3 Å². The molecule has 1 aliphatic rings. The minimum atomic E-state index is 0.0426. The van der Waals surface area contributed by atoms with Crippen molar-refractivity contribution in [3.8, 4) is 17.0 Å². The largest absolute Gasteiger partial charge is 0.489 e. The van der Waals surface area contributed by atoms with Gasteiger partial charge < -0.3 is 4.74 Å². The van der Waals surface area contributed by atoms with E-state index in [-0.39, 0.29) is 5.56 Å². The topological polar surface area (TPSA) is 44.1 Å². The van der Waals surface area contributed by atoms with E-state index in [4.69, 9.17) is 9.72 Å². The number of ether oxygens (including phenoxy) is 1. The van der Waals surface area contributed by atoms with Gasteiger partial charge in [-0.05, 0) is 42.2 Å². The van der Waals surface area contributed by atoms with Crippen molar-refractivity contribution in [3.05, 3.63) is 82.4 Å². The lowest BCUT2D eigenvalue weighted by Crippen LogP contribution is -2.31. The fraction of sp³-hybridized carbons (Fsp3) is 0.273. The smallest absolute Gasteiger partial charge is 0.254 e. The second-order valence-electron chi connectivity index (χ2n) is 6.95. The van der Waals surface area contributed by atoms with E-state index < -0.39 is 0 Å². The fourth-order valence-electron chi connectivity index (χ4n) is 3.33. The van der Waals surface area contributed by atoms with Crippen molar-refractivity contribution < 1.29 is 4.74 Å². The summed E-state index contributed by atoms with van der Waals surface area (Å²) in [7, 11) is 0. The number of aromatic nitrogens is 2. The number of hydrogen-bond acceptors (Lipinski definition) is 3. The van der Waals surface area contributed by atoms with Crippen molar-refractivity contribution in [1.29, 1.82) is 0 Å². The third-order valence-corrected chi connectivity index (χ3v) is 4.84. The summed E-state index contributed by atoms with van der Waals surface area (Å²) in [5, 5.41) is 0. The van der Waals surface area contributed by atoms with Crippen molar-refractivity contribution in [2.75, 3.05) is 0 Å². The van der Waals surface area contributed by atoms with Crippen LogP contribution in [0.2, 0.25) is 0 Å². The van der Waals surface area contributed by atoms with Crippen LogP contribution >= 0.6 is 0 Å². The molecule has 0 saturated heterocycles. The van der Waals surface area contributed by atoms with E-state index in [1.165, 1.54) is 0 Å². The molecule has 0 saturated carbocycles. The van der Waals surface area contributed by atoms with Crippen molar-refractivity contribution >= 4 is 0 Å². The van der Waals surface area contributed by atoms with E-state index >= 15 is 0 Å². The Labute approximate surface area is 153 Å². The monoisotopic (exact) mass is 346 g/mol. The Morgan fingerprint density at radius 2 is 1.88 bits per heavy atom. The number of rotatable bonds is 4. The molecule has 3 aromatic rings. The van der Waals surface area contributed by atoms with Crippen LogP contribution < -0.4 is 10.3 Å². The first kappa shape index (κ1) is 16.6. The molecule has 2 aromatic carbocycles. The molecule has 0 spiro atoms. The van der Waals surface area contributed by atoms with Crippen LogP contribution in [-0.4, -0.2) is 9.55 Å². The van der Waals surface area contributed by atoms with Crippen LogP contribution in [0, 0.1) is 5.92 Å². The minimum absolute atomic E-state index is 0.0426. The number of nitrogens with zero attached hydrogens (tertiary/aromatic N) is 2. The predicted octanol–water partition coefficient (Wildman–Crippen LogP) is 4.07. The zero-order chi connectivity index (χ0) is 17.9. The average molecular weight is 346 g/mol. The Hall–Kier alpha value is -2.88. The normalized spacial score (nSPS) is 16.1. The molecule has 0 fully saturated rings. The van der Waals surface area contributed by atoms with Gasteiger partial charge in [-0.25, -0.2) is 4.98 Å². The number of fused-ring (bicyclic) bond motifs is 1. The summed E-state index contributed by atoms with van der Waals surface area (Å²) in [6.07, 6.45) is 1.95. The van der Waals surface area contributed by atoms with Crippen molar-refractivity contribution in [1.82, 2.24) is 9.55 Å². The van der Waals surface area contributed by atoms with Crippen LogP contribution in [0.5, 0.6) is 5.75 Å². The minimum Gasteiger partial charge on any atom is -0.489 e. The summed E-state index contributed by atoms with van der Waals surface area (Å²) >= 11 is 0. The van der Waals surface area contributed by atoms with Crippen LogP contribution in [-0.2, 0) is 19.6 Å². The Kier molecular flexibility index (Phi) is 4.57. The maximum Gasteiger partial charge on any atom is 0.254 e. The molecule has 0 N–H and O–H groups in total. The summed E-state index contributed by atoms with van der Waals surface area (Å²) in [5.41, 5.74) is 2.86. The van der Waals surface area contributed by atoms with Gasteiger partial charge in [-0.15, -0.1) is 0 Å². The van der Waals surface area contributed by atoms with E-state index in [9.17, 15) is 4.79 Å². The standard InChI is InChI=1S/C22H22N2O2/c1-16-7-12-21-23-20(13-22(25)24(21)14-16)18-8-10-19(11-9-18)26-15-17-5-3-2-4-6-17/h2-6,8-11,13,16H,7,12,14-15H2,1H3/t16-/m1/s1. The zero-order valence-electron chi connectivity index (χ0n) is 14.9. The first-order chi connectivity index (χ1) is 12.7. The van der Waals surface area contributed by atoms with Gasteiger partial charge in [0.1, 0.15) is 18.2 Å².